The van der Waals surface area contributed by atoms with Crippen molar-refractivity contribution in [2.75, 3.05) is 23.9 Å². The number of piperidine rings is 1. The zero-order valence-corrected chi connectivity index (χ0v) is 16.4. The Morgan fingerprint density at radius 1 is 1.21 bits per heavy atom. The SMILES string of the molecule is C1=NCS/C1=C\c1ccnc(N2CCCC(Cc3nc4ccccc4[nH]3)C2)n1. The van der Waals surface area contributed by atoms with E-state index >= 15 is 0 Å². The van der Waals surface area contributed by atoms with Crippen molar-refractivity contribution in [3.8, 4) is 0 Å². The van der Waals surface area contributed by atoms with E-state index in [-0.39, 0.29) is 0 Å². The van der Waals surface area contributed by atoms with Gasteiger partial charge in [0.1, 0.15) is 5.82 Å². The van der Waals surface area contributed by atoms with Gasteiger partial charge >= 0.3 is 0 Å². The van der Waals surface area contributed by atoms with Gasteiger partial charge in [-0.1, -0.05) is 12.1 Å². The number of nitrogens with one attached hydrogen (secondary N) is 1. The normalized spacial score (nSPS) is 21.1. The number of aliphatic imine (C=N–C) groups is 1. The Labute approximate surface area is 168 Å². The third-order valence-electron chi connectivity index (χ3n) is 5.20. The van der Waals surface area contributed by atoms with Gasteiger partial charge in [-0.25, -0.2) is 15.0 Å². The van der Waals surface area contributed by atoms with Gasteiger partial charge in [-0.05, 0) is 43.0 Å². The van der Waals surface area contributed by atoms with Gasteiger partial charge in [-0.15, -0.1) is 11.8 Å². The van der Waals surface area contributed by atoms with Crippen LogP contribution in [-0.4, -0.2) is 45.1 Å². The van der Waals surface area contributed by atoms with Crippen LogP contribution in [-0.2, 0) is 6.42 Å². The molecule has 1 aromatic carbocycles. The van der Waals surface area contributed by atoms with E-state index in [1.54, 1.807) is 11.8 Å². The highest BCUT2D eigenvalue weighted by Crippen LogP contribution is 2.25. The van der Waals surface area contributed by atoms with E-state index in [0.29, 0.717) is 5.92 Å². The number of nitrogens with zero attached hydrogens (tertiary/aromatic N) is 5. The summed E-state index contributed by atoms with van der Waals surface area (Å²) in [6.45, 7) is 1.97. The number of hydrogen-bond donors (Lipinski definition) is 1. The quantitative estimate of drug-likeness (QED) is 0.731. The van der Waals surface area contributed by atoms with Gasteiger partial charge in [0.25, 0.3) is 0 Å². The topological polar surface area (TPSA) is 70.1 Å². The van der Waals surface area contributed by atoms with E-state index in [2.05, 4.69) is 38.1 Å². The number of thioether (sulfide) groups is 1. The second kappa shape index (κ2) is 7.75. The molecule has 2 aliphatic heterocycles. The molecule has 28 heavy (non-hydrogen) atoms. The summed E-state index contributed by atoms with van der Waals surface area (Å²) >= 11 is 1.74. The summed E-state index contributed by atoms with van der Waals surface area (Å²) in [7, 11) is 0. The second-order valence-corrected chi connectivity index (χ2v) is 8.29. The average Bonchev–Trinajstić information content (AvgIpc) is 3.37. The lowest BCUT2D eigenvalue weighted by Crippen LogP contribution is -2.37. The molecule has 2 aromatic heterocycles. The molecule has 1 saturated heterocycles. The zero-order chi connectivity index (χ0) is 18.8. The van der Waals surface area contributed by atoms with Crippen LogP contribution in [0, 0.1) is 5.92 Å². The van der Waals surface area contributed by atoms with Crippen LogP contribution in [0.1, 0.15) is 24.4 Å². The summed E-state index contributed by atoms with van der Waals surface area (Å²) < 4.78 is 0. The molecule has 1 N–H and O–H groups in total. The highest BCUT2D eigenvalue weighted by atomic mass is 32.2. The minimum atomic E-state index is 0.553. The maximum absolute atomic E-state index is 4.78. The van der Waals surface area contributed by atoms with E-state index in [1.807, 2.05) is 30.6 Å². The number of imidazole rings is 1. The Balaban J connectivity index is 1.30. The number of aromatic nitrogens is 4. The number of benzene rings is 1. The lowest BCUT2D eigenvalue weighted by atomic mass is 9.95. The van der Waals surface area contributed by atoms with Crippen molar-refractivity contribution in [1.29, 1.82) is 0 Å². The number of para-hydroxylation sites is 2. The van der Waals surface area contributed by atoms with Crippen LogP contribution in [0.25, 0.3) is 17.1 Å². The van der Waals surface area contributed by atoms with Crippen molar-refractivity contribution in [2.24, 2.45) is 10.9 Å². The van der Waals surface area contributed by atoms with Crippen LogP contribution < -0.4 is 4.90 Å². The Bertz CT molecular complexity index is 1010. The first kappa shape index (κ1) is 17.4. The van der Waals surface area contributed by atoms with Crippen molar-refractivity contribution in [3.05, 3.63) is 53.0 Å². The molecule has 0 saturated carbocycles. The van der Waals surface area contributed by atoms with Crippen LogP contribution in [0.3, 0.4) is 0 Å². The molecule has 0 aliphatic carbocycles. The van der Waals surface area contributed by atoms with Gasteiger partial charge in [0.05, 0.1) is 22.6 Å². The summed E-state index contributed by atoms with van der Waals surface area (Å²) in [4.78, 5) is 25.2. The average molecular weight is 391 g/mol. The first-order chi connectivity index (χ1) is 13.8. The van der Waals surface area contributed by atoms with Crippen molar-refractivity contribution in [3.63, 3.8) is 0 Å². The first-order valence-electron chi connectivity index (χ1n) is 9.69. The molecule has 1 unspecified atom stereocenters. The molecule has 0 amide bonds. The monoisotopic (exact) mass is 390 g/mol. The Hall–Kier alpha value is -2.67. The van der Waals surface area contributed by atoms with Gasteiger partial charge < -0.3 is 9.88 Å². The minimum absolute atomic E-state index is 0.553. The minimum Gasteiger partial charge on any atom is -0.342 e. The number of anilines is 1. The van der Waals surface area contributed by atoms with E-state index in [1.165, 1.54) is 6.42 Å². The molecule has 7 heteroatoms. The summed E-state index contributed by atoms with van der Waals surface area (Å²) in [5.41, 5.74) is 3.10. The van der Waals surface area contributed by atoms with Crippen LogP contribution in [0.2, 0.25) is 0 Å². The Morgan fingerprint density at radius 3 is 3.07 bits per heavy atom. The van der Waals surface area contributed by atoms with E-state index < -0.39 is 0 Å². The molecule has 1 fully saturated rings. The fraction of sp³-hybridized carbons (Fsp3) is 0.333. The molecule has 1 atom stereocenters. The number of aromatic amines is 1. The number of hydrogen-bond acceptors (Lipinski definition) is 6. The van der Waals surface area contributed by atoms with Crippen LogP contribution in [0.5, 0.6) is 0 Å². The molecule has 0 radical (unpaired) electrons. The summed E-state index contributed by atoms with van der Waals surface area (Å²) in [5, 5.41) is 0. The predicted octanol–water partition coefficient (Wildman–Crippen LogP) is 3.93. The lowest BCUT2D eigenvalue weighted by molar-refractivity contribution is 0.404. The van der Waals surface area contributed by atoms with Gasteiger partial charge in [-0.3, -0.25) is 4.99 Å². The molecule has 0 spiro atoms. The molecule has 3 aromatic rings. The van der Waals surface area contributed by atoms with Gasteiger partial charge in [0.15, 0.2) is 0 Å². The molecule has 0 bridgehead atoms. The zero-order valence-electron chi connectivity index (χ0n) is 15.6. The van der Waals surface area contributed by atoms with Crippen LogP contribution in [0.15, 0.2) is 46.4 Å². The van der Waals surface area contributed by atoms with Crippen molar-refractivity contribution in [1.82, 2.24) is 19.9 Å². The van der Waals surface area contributed by atoms with Gasteiger partial charge in [0.2, 0.25) is 5.95 Å². The second-order valence-electron chi connectivity index (χ2n) is 7.27. The molecule has 5 rings (SSSR count). The fourth-order valence-electron chi connectivity index (χ4n) is 3.88. The molecule has 142 valence electrons. The van der Waals surface area contributed by atoms with Gasteiger partial charge in [-0.2, -0.15) is 0 Å². The molecule has 4 heterocycles. The lowest BCUT2D eigenvalue weighted by Gasteiger charge is -2.32. The van der Waals surface area contributed by atoms with E-state index in [0.717, 1.165) is 65.2 Å². The third kappa shape index (κ3) is 3.80. The number of rotatable bonds is 4. The predicted molar refractivity (Wildman–Crippen MR) is 116 cm³/mol. The first-order valence-corrected chi connectivity index (χ1v) is 10.7. The maximum Gasteiger partial charge on any atom is 0.225 e. The van der Waals surface area contributed by atoms with Gasteiger partial charge in [0, 0.05) is 36.8 Å². The van der Waals surface area contributed by atoms with Crippen LogP contribution in [0.4, 0.5) is 5.95 Å². The molecule has 6 nitrogen and oxygen atoms in total. The largest absolute Gasteiger partial charge is 0.342 e. The van der Waals surface area contributed by atoms with Crippen molar-refractivity contribution >= 4 is 41.0 Å². The Kier molecular flexibility index (Phi) is 4.83. The Morgan fingerprint density at radius 2 is 2.18 bits per heavy atom. The number of fused-ring (bicyclic) bond motifs is 1. The maximum atomic E-state index is 4.78. The number of allylic oxidation sites excluding steroid dienone is 1. The van der Waals surface area contributed by atoms with E-state index in [4.69, 9.17) is 9.97 Å². The summed E-state index contributed by atoms with van der Waals surface area (Å²) in [5.74, 6) is 3.25. The van der Waals surface area contributed by atoms with Crippen molar-refractivity contribution in [2.45, 2.75) is 19.3 Å². The van der Waals surface area contributed by atoms with Crippen LogP contribution >= 0.6 is 11.8 Å². The summed E-state index contributed by atoms with van der Waals surface area (Å²) in [6, 6.07) is 10.2. The highest BCUT2D eigenvalue weighted by molar-refractivity contribution is 8.04. The standard InChI is InChI=1S/C21H22N6S/c1-2-6-19-18(5-1)25-20(26-19)10-15-4-3-9-27(13-15)21-23-8-7-16(24-21)11-17-12-22-14-28-17/h1-2,5-8,11-12,15H,3-4,9-10,13-14H2,(H,25,26)/b17-11-. The van der Waals surface area contributed by atoms with E-state index in [9.17, 15) is 0 Å². The number of H-pyrrole nitrogens is 1. The fourth-order valence-corrected chi connectivity index (χ4v) is 4.54. The molecule has 2 aliphatic rings. The third-order valence-corrected chi connectivity index (χ3v) is 6.04. The summed E-state index contributed by atoms with van der Waals surface area (Å²) in [6.07, 6.45) is 9.18. The molecular formula is C21H22N6S. The molecular weight excluding hydrogens is 368 g/mol. The smallest absolute Gasteiger partial charge is 0.225 e. The highest BCUT2D eigenvalue weighted by Gasteiger charge is 2.23. The van der Waals surface area contributed by atoms with Crippen molar-refractivity contribution < 1.29 is 0 Å².